The lowest BCUT2D eigenvalue weighted by molar-refractivity contribution is 0.100. The number of nitrogens with one attached hydrogen (secondary N) is 2. The molecule has 4 aromatic carbocycles. The van der Waals surface area contributed by atoms with Gasteiger partial charge in [0.25, 0.3) is 11.5 Å². The smallest absolute Gasteiger partial charge is 0.333 e. The number of nitrogens with zero attached hydrogens (tertiary/aromatic N) is 1. The van der Waals surface area contributed by atoms with E-state index in [1.807, 2.05) is 32.0 Å². The molecule has 0 spiro atoms. The lowest BCUT2D eigenvalue weighted by Gasteiger charge is -2.16. The largest absolute Gasteiger partial charge is 0.366 e. The molecule has 206 valence electrons. The number of fused-ring (bicyclic) bond motifs is 4. The second-order valence-electron chi connectivity index (χ2n) is 10.3. The molecule has 6 aromatic rings. The number of carbonyl (C=O) groups excluding carboxylic acids is 1. The molecule has 0 fully saturated rings. The number of carbonyl (C=O) groups is 1. The summed E-state index contributed by atoms with van der Waals surface area (Å²) in [6.07, 6.45) is 0. The van der Waals surface area contributed by atoms with Crippen molar-refractivity contribution < 1.29 is 18.0 Å². The molecule has 0 saturated heterocycles. The van der Waals surface area contributed by atoms with Crippen LogP contribution in [0.4, 0.5) is 13.2 Å². The number of nitrogens with two attached hydrogens (primary N) is 1. The summed E-state index contributed by atoms with van der Waals surface area (Å²) >= 11 is 0. The predicted octanol–water partition coefficient (Wildman–Crippen LogP) is 5.93. The van der Waals surface area contributed by atoms with Crippen LogP contribution in [0.3, 0.4) is 0 Å². The van der Waals surface area contributed by atoms with Crippen molar-refractivity contribution in [1.82, 2.24) is 14.5 Å². The number of hydrogen-bond donors (Lipinski definition) is 3. The molecule has 2 heterocycles. The molecule has 2 aromatic heterocycles. The van der Waals surface area contributed by atoms with Crippen molar-refractivity contribution in [2.24, 2.45) is 5.73 Å². The van der Waals surface area contributed by atoms with Crippen LogP contribution in [-0.4, -0.2) is 20.4 Å². The first-order valence-electron chi connectivity index (χ1n) is 12.8. The van der Waals surface area contributed by atoms with E-state index < -0.39 is 40.1 Å². The first-order chi connectivity index (χ1) is 19.5. The number of primary amides is 1. The van der Waals surface area contributed by atoms with E-state index in [-0.39, 0.29) is 28.1 Å². The molecule has 0 aliphatic carbocycles. The Labute approximate surface area is 230 Å². The van der Waals surface area contributed by atoms with E-state index in [2.05, 4.69) is 9.97 Å². The minimum absolute atomic E-state index is 0.0244. The van der Waals surface area contributed by atoms with Gasteiger partial charge >= 0.3 is 5.69 Å². The summed E-state index contributed by atoms with van der Waals surface area (Å²) in [5, 5.41) is 0.704. The SMILES string of the molecule is Cc1c(-c2c(F)cc(C(N)=O)c3[nH]c4cc(C(C)C)ccc4c23)cccc1-n1c(=O)[nH]c2c(F)cc(F)cc2c1=O. The molecule has 0 saturated carbocycles. The Morgan fingerprint density at radius 3 is 2.37 bits per heavy atom. The second kappa shape index (κ2) is 9.22. The normalized spacial score (nSPS) is 11.8. The Balaban J connectivity index is 1.69. The number of rotatable bonds is 4. The maximum atomic E-state index is 16.0. The average Bonchev–Trinajstić information content (AvgIpc) is 3.29. The number of aromatic amines is 2. The monoisotopic (exact) mass is 556 g/mol. The van der Waals surface area contributed by atoms with Crippen LogP contribution in [0.25, 0.3) is 49.5 Å². The van der Waals surface area contributed by atoms with Gasteiger partial charge in [-0.05, 0) is 53.8 Å². The van der Waals surface area contributed by atoms with Gasteiger partial charge in [-0.25, -0.2) is 22.5 Å². The zero-order chi connectivity index (χ0) is 29.3. The molecule has 0 atom stereocenters. The summed E-state index contributed by atoms with van der Waals surface area (Å²) in [4.78, 5) is 44.2. The van der Waals surface area contributed by atoms with E-state index in [0.717, 1.165) is 22.3 Å². The summed E-state index contributed by atoms with van der Waals surface area (Å²) in [6, 6.07) is 12.8. The standard InChI is InChI=1S/C31H23F3N4O3/c1-13(2)15-7-8-18-23(9-15)36-28-19(29(35)39)12-21(33)25(26(18)28)17-5-4-6-24(14(17)3)38-30(40)20-10-16(32)11-22(34)27(20)37-31(38)41/h4-13,36H,1-3H3,(H2,35,39)(H,37,41). The average molecular weight is 557 g/mol. The molecule has 0 aliphatic heterocycles. The lowest BCUT2D eigenvalue weighted by Crippen LogP contribution is -2.34. The van der Waals surface area contributed by atoms with Crippen LogP contribution in [-0.2, 0) is 0 Å². The van der Waals surface area contributed by atoms with Gasteiger partial charge in [-0.15, -0.1) is 0 Å². The Hall–Kier alpha value is -5.12. The van der Waals surface area contributed by atoms with Crippen LogP contribution in [0, 0.1) is 24.4 Å². The second-order valence-corrected chi connectivity index (χ2v) is 10.3. The van der Waals surface area contributed by atoms with Gasteiger partial charge in [0.2, 0.25) is 0 Å². The third-order valence-electron chi connectivity index (χ3n) is 7.52. The van der Waals surface area contributed by atoms with E-state index in [1.165, 1.54) is 6.07 Å². The Kier molecular flexibility index (Phi) is 5.88. The molecular formula is C31H23F3N4O3. The van der Waals surface area contributed by atoms with E-state index in [0.29, 0.717) is 39.0 Å². The number of amides is 1. The van der Waals surface area contributed by atoms with Crippen LogP contribution in [0.1, 0.15) is 41.3 Å². The van der Waals surface area contributed by atoms with Gasteiger partial charge in [0.15, 0.2) is 5.82 Å². The fourth-order valence-corrected chi connectivity index (χ4v) is 5.48. The highest BCUT2D eigenvalue weighted by atomic mass is 19.1. The predicted molar refractivity (Wildman–Crippen MR) is 152 cm³/mol. The summed E-state index contributed by atoms with van der Waals surface area (Å²) in [7, 11) is 0. The summed E-state index contributed by atoms with van der Waals surface area (Å²) < 4.78 is 45.0. The highest BCUT2D eigenvalue weighted by Crippen LogP contribution is 2.41. The summed E-state index contributed by atoms with van der Waals surface area (Å²) in [5.41, 5.74) is 6.26. The van der Waals surface area contributed by atoms with Gasteiger partial charge in [-0.3, -0.25) is 9.59 Å². The molecule has 0 radical (unpaired) electrons. The van der Waals surface area contributed by atoms with Crippen molar-refractivity contribution >= 4 is 38.6 Å². The van der Waals surface area contributed by atoms with Gasteiger partial charge in [0.05, 0.1) is 27.7 Å². The maximum Gasteiger partial charge on any atom is 0.333 e. The van der Waals surface area contributed by atoms with Crippen LogP contribution in [0.5, 0.6) is 0 Å². The maximum absolute atomic E-state index is 16.0. The van der Waals surface area contributed by atoms with Crippen molar-refractivity contribution in [2.45, 2.75) is 26.7 Å². The number of H-pyrrole nitrogens is 2. The van der Waals surface area contributed by atoms with Gasteiger partial charge < -0.3 is 15.7 Å². The molecule has 7 nitrogen and oxygen atoms in total. The van der Waals surface area contributed by atoms with Crippen molar-refractivity contribution in [1.29, 1.82) is 0 Å². The molecule has 41 heavy (non-hydrogen) atoms. The van der Waals surface area contributed by atoms with E-state index in [9.17, 15) is 23.2 Å². The van der Waals surface area contributed by atoms with Gasteiger partial charge in [0, 0.05) is 27.9 Å². The first kappa shape index (κ1) is 26.1. The fourth-order valence-electron chi connectivity index (χ4n) is 5.48. The third kappa shape index (κ3) is 3.94. The van der Waals surface area contributed by atoms with Gasteiger partial charge in [0.1, 0.15) is 11.6 Å². The molecular weight excluding hydrogens is 533 g/mol. The molecule has 0 bridgehead atoms. The Bertz CT molecular complexity index is 2210. The van der Waals surface area contributed by atoms with E-state index in [4.69, 9.17) is 5.73 Å². The number of halogens is 3. The van der Waals surface area contributed by atoms with Crippen molar-refractivity contribution in [3.05, 3.63) is 110 Å². The quantitative estimate of drug-likeness (QED) is 0.250. The Morgan fingerprint density at radius 2 is 1.66 bits per heavy atom. The minimum Gasteiger partial charge on any atom is -0.366 e. The van der Waals surface area contributed by atoms with Crippen LogP contribution in [0.15, 0.2) is 64.2 Å². The van der Waals surface area contributed by atoms with Crippen LogP contribution >= 0.6 is 0 Å². The van der Waals surface area contributed by atoms with Gasteiger partial charge in [-0.2, -0.15) is 0 Å². The molecule has 6 rings (SSSR count). The van der Waals surface area contributed by atoms with Crippen LogP contribution in [0.2, 0.25) is 0 Å². The van der Waals surface area contributed by atoms with Crippen molar-refractivity contribution in [3.8, 4) is 16.8 Å². The first-order valence-corrected chi connectivity index (χ1v) is 12.8. The lowest BCUT2D eigenvalue weighted by atomic mass is 9.92. The molecule has 4 N–H and O–H groups in total. The molecule has 0 aliphatic rings. The highest BCUT2D eigenvalue weighted by molar-refractivity contribution is 6.20. The highest BCUT2D eigenvalue weighted by Gasteiger charge is 2.24. The molecule has 1 amide bonds. The molecule has 0 unspecified atom stereocenters. The Morgan fingerprint density at radius 1 is 0.902 bits per heavy atom. The number of hydrogen-bond acceptors (Lipinski definition) is 3. The minimum atomic E-state index is -1.08. The van der Waals surface area contributed by atoms with E-state index in [1.54, 1.807) is 19.1 Å². The fraction of sp³-hybridized carbons (Fsp3) is 0.129. The zero-order valence-corrected chi connectivity index (χ0v) is 22.2. The summed E-state index contributed by atoms with van der Waals surface area (Å²) in [6.45, 7) is 5.68. The molecule has 10 heteroatoms. The van der Waals surface area contributed by atoms with E-state index >= 15 is 4.39 Å². The summed E-state index contributed by atoms with van der Waals surface area (Å²) in [5.74, 6) is -3.38. The third-order valence-corrected chi connectivity index (χ3v) is 7.52. The topological polar surface area (TPSA) is 114 Å². The number of aromatic nitrogens is 3. The van der Waals surface area contributed by atoms with Crippen LogP contribution < -0.4 is 17.0 Å². The zero-order valence-electron chi connectivity index (χ0n) is 22.2. The van der Waals surface area contributed by atoms with Crippen molar-refractivity contribution in [2.75, 3.05) is 0 Å². The van der Waals surface area contributed by atoms with Crippen molar-refractivity contribution in [3.63, 3.8) is 0 Å². The van der Waals surface area contributed by atoms with Gasteiger partial charge in [-0.1, -0.05) is 38.1 Å². The number of benzene rings is 4.